The quantitative estimate of drug-likeness (QED) is 0.778. The van der Waals surface area contributed by atoms with Gasteiger partial charge >= 0.3 is 5.97 Å². The van der Waals surface area contributed by atoms with Crippen LogP contribution in [0.25, 0.3) is 0 Å². The lowest BCUT2D eigenvalue weighted by molar-refractivity contribution is -0.146. The predicted octanol–water partition coefficient (Wildman–Crippen LogP) is 1.27. The van der Waals surface area contributed by atoms with Crippen molar-refractivity contribution < 1.29 is 19.4 Å². The number of carboxylic acid groups (broad SMARTS) is 1. The number of rotatable bonds is 5. The fourth-order valence-electron chi connectivity index (χ4n) is 2.68. The second-order valence-corrected chi connectivity index (χ2v) is 5.93. The molecule has 5 nitrogen and oxygen atoms in total. The van der Waals surface area contributed by atoms with E-state index in [-0.39, 0.29) is 11.8 Å². The molecule has 0 bridgehead atoms. The summed E-state index contributed by atoms with van der Waals surface area (Å²) < 4.78 is 5.03. The third-order valence-electron chi connectivity index (χ3n) is 3.42. The van der Waals surface area contributed by atoms with E-state index in [0.717, 1.165) is 0 Å². The molecule has 0 aromatic rings. The van der Waals surface area contributed by atoms with Gasteiger partial charge < -0.3 is 15.2 Å². The van der Waals surface area contributed by atoms with E-state index in [4.69, 9.17) is 9.84 Å². The Bertz CT molecular complexity index is 327. The van der Waals surface area contributed by atoms with Crippen molar-refractivity contribution in [1.29, 1.82) is 0 Å². The van der Waals surface area contributed by atoms with E-state index in [0.29, 0.717) is 19.4 Å². The van der Waals surface area contributed by atoms with Gasteiger partial charge in [0.05, 0.1) is 24.0 Å². The lowest BCUT2D eigenvalue weighted by atomic mass is 9.94. The Balaban J connectivity index is 2.68. The summed E-state index contributed by atoms with van der Waals surface area (Å²) >= 11 is 0. The van der Waals surface area contributed by atoms with Crippen molar-refractivity contribution in [3.05, 3.63) is 0 Å². The van der Waals surface area contributed by atoms with Gasteiger partial charge in [-0.15, -0.1) is 0 Å². The summed E-state index contributed by atoms with van der Waals surface area (Å²) in [5, 5.41) is 12.0. The topological polar surface area (TPSA) is 75.6 Å². The van der Waals surface area contributed by atoms with Crippen LogP contribution < -0.4 is 5.32 Å². The normalized spacial score (nSPS) is 28.1. The van der Waals surface area contributed by atoms with E-state index >= 15 is 0 Å². The number of hydrogen-bond donors (Lipinski definition) is 2. The number of aliphatic carboxylic acids is 1. The van der Waals surface area contributed by atoms with Gasteiger partial charge in [0.15, 0.2) is 0 Å². The molecular formula is C13H23NO4. The lowest BCUT2D eigenvalue weighted by Crippen LogP contribution is -2.50. The minimum absolute atomic E-state index is 0.172. The van der Waals surface area contributed by atoms with Gasteiger partial charge in [-0.1, -0.05) is 6.92 Å². The summed E-state index contributed by atoms with van der Waals surface area (Å²) in [5.74, 6) is -1.74. The first kappa shape index (κ1) is 15.0. The van der Waals surface area contributed by atoms with Crippen LogP contribution in [0, 0.1) is 17.8 Å². The Morgan fingerprint density at radius 2 is 1.89 bits per heavy atom. The summed E-state index contributed by atoms with van der Waals surface area (Å²) in [6.45, 7) is 6.12. The predicted molar refractivity (Wildman–Crippen MR) is 67.1 cm³/mol. The highest BCUT2D eigenvalue weighted by Crippen LogP contribution is 2.36. The maximum absolute atomic E-state index is 12.2. The molecule has 0 saturated heterocycles. The zero-order valence-corrected chi connectivity index (χ0v) is 11.5. The summed E-state index contributed by atoms with van der Waals surface area (Å²) in [7, 11) is 1.58. The SMILES string of the molecule is COCC(C)(C)NC(=O)C1CC(C)CC1C(=O)O. The second-order valence-electron chi connectivity index (χ2n) is 5.93. The Morgan fingerprint density at radius 3 is 2.39 bits per heavy atom. The number of amides is 1. The minimum atomic E-state index is -0.871. The molecule has 18 heavy (non-hydrogen) atoms. The summed E-state index contributed by atoms with van der Waals surface area (Å²) in [4.78, 5) is 23.3. The fourth-order valence-corrected chi connectivity index (χ4v) is 2.68. The fraction of sp³-hybridized carbons (Fsp3) is 0.846. The largest absolute Gasteiger partial charge is 0.481 e. The minimum Gasteiger partial charge on any atom is -0.481 e. The first-order valence-electron chi connectivity index (χ1n) is 6.30. The van der Waals surface area contributed by atoms with Crippen LogP contribution >= 0.6 is 0 Å². The molecule has 0 aromatic heterocycles. The van der Waals surface area contributed by atoms with Crippen LogP contribution in [-0.2, 0) is 14.3 Å². The molecular weight excluding hydrogens is 234 g/mol. The standard InChI is InChI=1S/C13H23NO4/c1-8-5-9(10(6-8)12(16)17)11(15)14-13(2,3)7-18-4/h8-10H,5-7H2,1-4H3,(H,14,15)(H,16,17). The Hall–Kier alpha value is -1.10. The molecule has 104 valence electrons. The molecule has 1 saturated carbocycles. The molecule has 2 N–H and O–H groups in total. The van der Waals surface area contributed by atoms with Crippen molar-refractivity contribution in [1.82, 2.24) is 5.32 Å². The van der Waals surface area contributed by atoms with Gasteiger partial charge in [0.1, 0.15) is 0 Å². The van der Waals surface area contributed by atoms with Gasteiger partial charge in [0.25, 0.3) is 0 Å². The monoisotopic (exact) mass is 257 g/mol. The average molecular weight is 257 g/mol. The Labute approximate surface area is 108 Å². The van der Waals surface area contributed by atoms with Gasteiger partial charge in [-0.05, 0) is 32.6 Å². The first-order valence-corrected chi connectivity index (χ1v) is 6.30. The molecule has 0 spiro atoms. The molecule has 1 aliphatic carbocycles. The van der Waals surface area contributed by atoms with Crippen molar-refractivity contribution in [2.24, 2.45) is 17.8 Å². The average Bonchev–Trinajstić information content (AvgIpc) is 2.59. The number of nitrogens with one attached hydrogen (secondary N) is 1. The summed E-state index contributed by atoms with van der Waals surface area (Å²) in [5.41, 5.74) is -0.472. The maximum atomic E-state index is 12.2. The van der Waals surface area contributed by atoms with Gasteiger partial charge in [0, 0.05) is 7.11 Å². The molecule has 0 heterocycles. The highest BCUT2D eigenvalue weighted by atomic mass is 16.5. The third kappa shape index (κ3) is 3.70. The van der Waals surface area contributed by atoms with Crippen LogP contribution in [0.1, 0.15) is 33.6 Å². The van der Waals surface area contributed by atoms with Gasteiger partial charge in [-0.2, -0.15) is 0 Å². The number of carbonyl (C=O) groups is 2. The third-order valence-corrected chi connectivity index (χ3v) is 3.42. The number of carbonyl (C=O) groups excluding carboxylic acids is 1. The van der Waals surface area contributed by atoms with E-state index in [1.54, 1.807) is 7.11 Å². The highest BCUT2D eigenvalue weighted by Gasteiger charge is 2.42. The smallest absolute Gasteiger partial charge is 0.307 e. The van der Waals surface area contributed by atoms with Crippen LogP contribution in [0.2, 0.25) is 0 Å². The number of carboxylic acids is 1. The molecule has 3 unspecified atom stereocenters. The van der Waals surface area contributed by atoms with Crippen molar-refractivity contribution in [2.45, 2.75) is 39.2 Å². The molecule has 3 atom stereocenters. The van der Waals surface area contributed by atoms with Gasteiger partial charge in [0.2, 0.25) is 5.91 Å². The lowest BCUT2D eigenvalue weighted by Gasteiger charge is -2.28. The number of methoxy groups -OCH3 is 1. The van der Waals surface area contributed by atoms with Gasteiger partial charge in [-0.3, -0.25) is 9.59 Å². The molecule has 1 fully saturated rings. The van der Waals surface area contributed by atoms with Crippen molar-refractivity contribution >= 4 is 11.9 Å². The van der Waals surface area contributed by atoms with Crippen LogP contribution in [0.3, 0.4) is 0 Å². The van der Waals surface area contributed by atoms with Gasteiger partial charge in [-0.25, -0.2) is 0 Å². The van der Waals surface area contributed by atoms with Crippen molar-refractivity contribution in [3.63, 3.8) is 0 Å². The van der Waals surface area contributed by atoms with E-state index in [1.165, 1.54) is 0 Å². The van der Waals surface area contributed by atoms with Crippen LogP contribution in [-0.4, -0.2) is 36.2 Å². The van der Waals surface area contributed by atoms with Crippen molar-refractivity contribution in [2.75, 3.05) is 13.7 Å². The number of hydrogen-bond acceptors (Lipinski definition) is 3. The molecule has 0 aromatic carbocycles. The highest BCUT2D eigenvalue weighted by molar-refractivity contribution is 5.85. The van der Waals surface area contributed by atoms with Crippen molar-refractivity contribution in [3.8, 4) is 0 Å². The van der Waals surface area contributed by atoms with E-state index in [9.17, 15) is 9.59 Å². The second kappa shape index (κ2) is 5.69. The Kier molecular flexibility index (Phi) is 4.73. The van der Waals surface area contributed by atoms with Crippen LogP contribution in [0.15, 0.2) is 0 Å². The first-order chi connectivity index (χ1) is 8.26. The van der Waals surface area contributed by atoms with Crippen LogP contribution in [0.5, 0.6) is 0 Å². The zero-order valence-electron chi connectivity index (χ0n) is 11.5. The summed E-state index contributed by atoms with van der Waals surface area (Å²) in [6.07, 6.45) is 1.23. The molecule has 0 radical (unpaired) electrons. The number of ether oxygens (including phenoxy) is 1. The molecule has 1 aliphatic rings. The molecule has 1 rings (SSSR count). The van der Waals surface area contributed by atoms with E-state index in [1.807, 2.05) is 20.8 Å². The molecule has 0 aliphatic heterocycles. The molecule has 1 amide bonds. The van der Waals surface area contributed by atoms with E-state index < -0.39 is 23.3 Å². The molecule has 5 heteroatoms. The maximum Gasteiger partial charge on any atom is 0.307 e. The Morgan fingerprint density at radius 1 is 1.33 bits per heavy atom. The summed E-state index contributed by atoms with van der Waals surface area (Å²) in [6, 6.07) is 0. The zero-order chi connectivity index (χ0) is 13.9. The van der Waals surface area contributed by atoms with Crippen LogP contribution in [0.4, 0.5) is 0 Å². The van der Waals surface area contributed by atoms with E-state index in [2.05, 4.69) is 5.32 Å².